The molecule has 2 aromatic carbocycles. The van der Waals surface area contributed by atoms with E-state index in [1.54, 1.807) is 48.5 Å². The van der Waals surface area contributed by atoms with Crippen LogP contribution in [0.4, 0.5) is 11.6 Å². The lowest BCUT2D eigenvalue weighted by Crippen LogP contribution is -2.12. The van der Waals surface area contributed by atoms with Gasteiger partial charge in [-0.3, -0.25) is 4.72 Å². The smallest absolute Gasteiger partial charge is 0.261 e. The molecule has 3 N–H and O–H groups in total. The van der Waals surface area contributed by atoms with E-state index in [1.807, 2.05) is 6.92 Å². The highest BCUT2D eigenvalue weighted by molar-refractivity contribution is 7.92. The molecule has 0 amide bonds. The van der Waals surface area contributed by atoms with Crippen LogP contribution in [0.25, 0.3) is 0 Å². The highest BCUT2D eigenvalue weighted by Crippen LogP contribution is 2.25. The molecule has 134 valence electrons. The number of hydrogen-bond acceptors (Lipinski definition) is 6. The molecule has 26 heavy (non-hydrogen) atoms. The summed E-state index contributed by atoms with van der Waals surface area (Å²) in [5, 5.41) is 0.162. The SMILES string of the molecule is Cc1ccc(S(=O)(=O)Nc2ccc(Oc3cc(Cl)nc(N)n3)cc2)cc1. The van der Waals surface area contributed by atoms with Gasteiger partial charge in [0.15, 0.2) is 0 Å². The van der Waals surface area contributed by atoms with E-state index in [-0.39, 0.29) is 21.9 Å². The van der Waals surface area contributed by atoms with Gasteiger partial charge < -0.3 is 10.5 Å². The van der Waals surface area contributed by atoms with Crippen LogP contribution in [0, 0.1) is 6.92 Å². The van der Waals surface area contributed by atoms with Crippen molar-refractivity contribution < 1.29 is 13.2 Å². The van der Waals surface area contributed by atoms with Gasteiger partial charge in [0.1, 0.15) is 10.9 Å². The van der Waals surface area contributed by atoms with Crippen LogP contribution in [0.15, 0.2) is 59.5 Å². The average Bonchev–Trinajstić information content (AvgIpc) is 2.56. The van der Waals surface area contributed by atoms with E-state index in [0.29, 0.717) is 11.4 Å². The monoisotopic (exact) mass is 390 g/mol. The zero-order valence-corrected chi connectivity index (χ0v) is 15.3. The molecule has 0 fully saturated rings. The molecule has 9 heteroatoms. The molecule has 0 spiro atoms. The van der Waals surface area contributed by atoms with Gasteiger partial charge in [-0.1, -0.05) is 29.3 Å². The van der Waals surface area contributed by atoms with Gasteiger partial charge >= 0.3 is 0 Å². The first kappa shape index (κ1) is 18.0. The molecule has 1 heterocycles. The van der Waals surface area contributed by atoms with Gasteiger partial charge in [-0.2, -0.15) is 4.98 Å². The second-order valence-electron chi connectivity index (χ2n) is 5.43. The fraction of sp³-hybridized carbons (Fsp3) is 0.0588. The number of benzene rings is 2. The third-order valence-electron chi connectivity index (χ3n) is 3.35. The number of sulfonamides is 1. The highest BCUT2D eigenvalue weighted by Gasteiger charge is 2.14. The molecule has 1 aromatic heterocycles. The molecule has 0 unspecified atom stereocenters. The molecular weight excluding hydrogens is 376 g/mol. The molecule has 0 aliphatic rings. The summed E-state index contributed by atoms with van der Waals surface area (Å²) < 4.78 is 32.8. The molecule has 0 saturated heterocycles. The van der Waals surface area contributed by atoms with Gasteiger partial charge in [-0.15, -0.1) is 0 Å². The zero-order chi connectivity index (χ0) is 18.7. The number of nitrogens with zero attached hydrogens (tertiary/aromatic N) is 2. The highest BCUT2D eigenvalue weighted by atomic mass is 35.5. The number of rotatable bonds is 5. The predicted octanol–water partition coefficient (Wildman–Crippen LogP) is 3.61. The summed E-state index contributed by atoms with van der Waals surface area (Å²) in [6, 6.07) is 14.4. The molecule has 0 atom stereocenters. The van der Waals surface area contributed by atoms with Gasteiger partial charge in [0.2, 0.25) is 11.8 Å². The normalized spacial score (nSPS) is 11.2. The van der Waals surface area contributed by atoms with Gasteiger partial charge in [-0.05, 0) is 43.3 Å². The van der Waals surface area contributed by atoms with Crippen molar-refractivity contribution in [3.8, 4) is 11.6 Å². The Morgan fingerprint density at radius 1 is 1.04 bits per heavy atom. The van der Waals surface area contributed by atoms with Crippen molar-refractivity contribution in [2.75, 3.05) is 10.5 Å². The fourth-order valence-electron chi connectivity index (χ4n) is 2.11. The molecule has 0 aliphatic heterocycles. The number of aromatic nitrogens is 2. The minimum Gasteiger partial charge on any atom is -0.439 e. The summed E-state index contributed by atoms with van der Waals surface area (Å²) >= 11 is 5.79. The lowest BCUT2D eigenvalue weighted by molar-refractivity contribution is 0.463. The number of halogens is 1. The Hall–Kier alpha value is -2.84. The number of aryl methyl sites for hydroxylation is 1. The average molecular weight is 391 g/mol. The predicted molar refractivity (Wildman–Crippen MR) is 100.0 cm³/mol. The third kappa shape index (κ3) is 4.41. The van der Waals surface area contributed by atoms with E-state index in [0.717, 1.165) is 5.56 Å². The van der Waals surface area contributed by atoms with Crippen LogP contribution >= 0.6 is 11.6 Å². The Labute approximate surface area is 155 Å². The second kappa shape index (κ2) is 7.19. The van der Waals surface area contributed by atoms with Crippen LogP contribution in [0.5, 0.6) is 11.6 Å². The Bertz CT molecular complexity index is 1000. The van der Waals surface area contributed by atoms with Crippen molar-refractivity contribution >= 4 is 33.3 Å². The molecule has 0 radical (unpaired) electrons. The van der Waals surface area contributed by atoms with Crippen LogP contribution in [0.3, 0.4) is 0 Å². The first-order chi connectivity index (χ1) is 12.3. The van der Waals surface area contributed by atoms with Crippen molar-refractivity contribution in [1.29, 1.82) is 0 Å². The van der Waals surface area contributed by atoms with Crippen LogP contribution in [0.2, 0.25) is 5.15 Å². The Balaban J connectivity index is 1.74. The quantitative estimate of drug-likeness (QED) is 0.644. The maximum atomic E-state index is 12.4. The van der Waals surface area contributed by atoms with Gasteiger partial charge in [-0.25, -0.2) is 13.4 Å². The van der Waals surface area contributed by atoms with Crippen LogP contribution < -0.4 is 15.2 Å². The van der Waals surface area contributed by atoms with Crippen LogP contribution in [0.1, 0.15) is 5.56 Å². The summed E-state index contributed by atoms with van der Waals surface area (Å²) in [5.41, 5.74) is 6.89. The first-order valence-electron chi connectivity index (χ1n) is 7.49. The van der Waals surface area contributed by atoms with E-state index >= 15 is 0 Å². The van der Waals surface area contributed by atoms with E-state index < -0.39 is 10.0 Å². The van der Waals surface area contributed by atoms with Crippen molar-refractivity contribution in [1.82, 2.24) is 9.97 Å². The molecular formula is C17H15ClN4O3S. The lowest BCUT2D eigenvalue weighted by Gasteiger charge is -2.10. The Kier molecular flexibility index (Phi) is 4.97. The summed E-state index contributed by atoms with van der Waals surface area (Å²) in [7, 11) is -3.66. The Morgan fingerprint density at radius 3 is 2.31 bits per heavy atom. The fourth-order valence-corrected chi connectivity index (χ4v) is 3.35. The van der Waals surface area contributed by atoms with Gasteiger partial charge in [0.05, 0.1) is 4.90 Å². The van der Waals surface area contributed by atoms with Crippen molar-refractivity contribution in [2.24, 2.45) is 0 Å². The summed E-state index contributed by atoms with van der Waals surface area (Å²) in [4.78, 5) is 7.84. The lowest BCUT2D eigenvalue weighted by atomic mass is 10.2. The number of hydrogen-bond donors (Lipinski definition) is 2. The maximum Gasteiger partial charge on any atom is 0.261 e. The number of ether oxygens (including phenoxy) is 1. The van der Waals surface area contributed by atoms with Crippen LogP contribution in [-0.2, 0) is 10.0 Å². The summed E-state index contributed by atoms with van der Waals surface area (Å²) in [5.74, 6) is 0.628. The van der Waals surface area contributed by atoms with Crippen molar-refractivity contribution in [2.45, 2.75) is 11.8 Å². The minimum atomic E-state index is -3.66. The molecule has 3 rings (SSSR count). The van der Waals surface area contributed by atoms with Gasteiger partial charge in [0, 0.05) is 11.8 Å². The molecule has 0 saturated carbocycles. The molecule has 3 aromatic rings. The largest absolute Gasteiger partial charge is 0.439 e. The topological polar surface area (TPSA) is 107 Å². The number of nitrogens with two attached hydrogens (primary N) is 1. The molecule has 0 bridgehead atoms. The molecule has 7 nitrogen and oxygen atoms in total. The number of nitrogen functional groups attached to an aromatic ring is 1. The van der Waals surface area contributed by atoms with E-state index in [1.165, 1.54) is 6.07 Å². The van der Waals surface area contributed by atoms with Crippen molar-refractivity contribution in [3.05, 3.63) is 65.3 Å². The van der Waals surface area contributed by atoms with Gasteiger partial charge in [0.25, 0.3) is 10.0 Å². The minimum absolute atomic E-state index is 0.00465. The van der Waals surface area contributed by atoms with Crippen LogP contribution in [-0.4, -0.2) is 18.4 Å². The van der Waals surface area contributed by atoms with E-state index in [9.17, 15) is 8.42 Å². The summed E-state index contributed by atoms with van der Waals surface area (Å²) in [6.45, 7) is 1.89. The van der Waals surface area contributed by atoms with E-state index in [4.69, 9.17) is 22.1 Å². The third-order valence-corrected chi connectivity index (χ3v) is 4.94. The Morgan fingerprint density at radius 2 is 1.69 bits per heavy atom. The summed E-state index contributed by atoms with van der Waals surface area (Å²) in [6.07, 6.45) is 0. The zero-order valence-electron chi connectivity index (χ0n) is 13.7. The van der Waals surface area contributed by atoms with Crippen molar-refractivity contribution in [3.63, 3.8) is 0 Å². The standard InChI is InChI=1S/C17H15ClN4O3S/c1-11-2-8-14(9-3-11)26(23,24)22-12-4-6-13(7-5-12)25-16-10-15(18)20-17(19)21-16/h2-10,22H,1H3,(H2,19,20,21). The second-order valence-corrected chi connectivity index (χ2v) is 7.50. The maximum absolute atomic E-state index is 12.4. The number of anilines is 2. The first-order valence-corrected chi connectivity index (χ1v) is 9.35. The van der Waals surface area contributed by atoms with E-state index in [2.05, 4.69) is 14.7 Å². The molecule has 0 aliphatic carbocycles. The number of nitrogens with one attached hydrogen (secondary N) is 1.